The van der Waals surface area contributed by atoms with E-state index in [9.17, 15) is 8.42 Å². The Kier molecular flexibility index (Phi) is 7.86. The number of hydrogen-bond donors (Lipinski definition) is 2. The van der Waals surface area contributed by atoms with Crippen LogP contribution in [0.4, 0.5) is 0 Å². The van der Waals surface area contributed by atoms with Gasteiger partial charge in [0, 0.05) is 6.61 Å². The van der Waals surface area contributed by atoms with Gasteiger partial charge in [-0.1, -0.05) is 0 Å². The van der Waals surface area contributed by atoms with Gasteiger partial charge >= 0.3 is 29.6 Å². The molecule has 0 aliphatic carbocycles. The normalized spacial score (nSPS) is 10.4. The molecule has 0 aromatic rings. The minimum atomic E-state index is -3.85. The summed E-state index contributed by atoms with van der Waals surface area (Å²) in [6.07, 6.45) is 0.0961. The van der Waals surface area contributed by atoms with Crippen LogP contribution in [0.3, 0.4) is 0 Å². The van der Waals surface area contributed by atoms with Crippen LogP contribution >= 0.6 is 0 Å². The molecular weight excluding hydrogens is 155 g/mol. The molecule has 0 spiro atoms. The van der Waals surface area contributed by atoms with Gasteiger partial charge in [0.05, 0.1) is 5.75 Å². The maximum absolute atomic E-state index is 9.83. The molecule has 6 heteroatoms. The molecule has 0 amide bonds. The second-order valence-corrected chi connectivity index (χ2v) is 2.94. The third-order valence-corrected chi connectivity index (χ3v) is 1.36. The molecule has 0 aliphatic heterocycles. The summed E-state index contributed by atoms with van der Waals surface area (Å²) in [4.78, 5) is 0. The average Bonchev–Trinajstić information content (AvgIpc) is 1.59. The molecular formula is C3H9NaO4S. The van der Waals surface area contributed by atoms with Gasteiger partial charge in [-0.05, 0) is 6.42 Å². The summed E-state index contributed by atoms with van der Waals surface area (Å²) in [7, 11) is -3.85. The molecule has 0 saturated carbocycles. The molecule has 0 unspecified atom stereocenters. The first-order chi connectivity index (χ1) is 3.56. The van der Waals surface area contributed by atoms with Gasteiger partial charge < -0.3 is 5.11 Å². The zero-order chi connectivity index (χ0) is 6.62. The Bertz CT molecular complexity index is 140. The van der Waals surface area contributed by atoms with Crippen LogP contribution in [-0.2, 0) is 10.1 Å². The van der Waals surface area contributed by atoms with E-state index in [1.165, 1.54) is 0 Å². The third kappa shape index (κ3) is 12.1. The molecule has 0 aromatic heterocycles. The van der Waals surface area contributed by atoms with E-state index in [1.54, 1.807) is 0 Å². The van der Waals surface area contributed by atoms with Gasteiger partial charge in [-0.3, -0.25) is 4.55 Å². The summed E-state index contributed by atoms with van der Waals surface area (Å²) in [5.74, 6) is -0.358. The molecule has 52 valence electrons. The first-order valence-electron chi connectivity index (χ1n) is 2.12. The van der Waals surface area contributed by atoms with Crippen LogP contribution in [0, 0.1) is 0 Å². The van der Waals surface area contributed by atoms with Crippen molar-refractivity contribution in [3.63, 3.8) is 0 Å². The Balaban J connectivity index is 0. The Morgan fingerprint density at radius 2 is 1.78 bits per heavy atom. The molecule has 0 radical (unpaired) electrons. The molecule has 2 N–H and O–H groups in total. The van der Waals surface area contributed by atoms with Crippen LogP contribution in [-0.4, -0.2) is 60.0 Å². The van der Waals surface area contributed by atoms with Crippen LogP contribution < -0.4 is 0 Å². The quantitative estimate of drug-likeness (QED) is 0.397. The summed E-state index contributed by atoms with van der Waals surface area (Å²) in [6, 6.07) is 0. The Labute approximate surface area is 76.3 Å². The Morgan fingerprint density at radius 3 is 1.89 bits per heavy atom. The van der Waals surface area contributed by atoms with Gasteiger partial charge in [-0.25, -0.2) is 0 Å². The molecule has 0 saturated heterocycles. The summed E-state index contributed by atoms with van der Waals surface area (Å²) in [5, 5.41) is 8.05. The Morgan fingerprint density at radius 1 is 1.33 bits per heavy atom. The fourth-order valence-corrected chi connectivity index (χ4v) is 0.741. The third-order valence-electron chi connectivity index (χ3n) is 0.560. The topological polar surface area (TPSA) is 74.6 Å². The standard InChI is InChI=1S/C3H8O4S.Na.H/c4-2-1-3-8(5,6)7;;/h4H,1-3H2,(H,5,6,7);;. The number of hydrogen-bond acceptors (Lipinski definition) is 3. The SMILES string of the molecule is O=S(=O)(O)CCCO.[NaH]. The molecule has 9 heavy (non-hydrogen) atoms. The fourth-order valence-electron chi connectivity index (χ4n) is 0.247. The van der Waals surface area contributed by atoms with Crippen molar-refractivity contribution in [1.82, 2.24) is 0 Å². The fraction of sp³-hybridized carbons (Fsp3) is 1.00. The molecule has 4 nitrogen and oxygen atoms in total. The van der Waals surface area contributed by atoms with E-state index < -0.39 is 10.1 Å². The molecule has 0 aliphatic rings. The van der Waals surface area contributed by atoms with E-state index in [0.29, 0.717) is 0 Å². The van der Waals surface area contributed by atoms with Crippen molar-refractivity contribution < 1.29 is 18.1 Å². The van der Waals surface area contributed by atoms with Crippen LogP contribution in [0.15, 0.2) is 0 Å². The van der Waals surface area contributed by atoms with Crippen molar-refractivity contribution in [2.75, 3.05) is 12.4 Å². The zero-order valence-corrected chi connectivity index (χ0v) is 5.06. The second-order valence-electron chi connectivity index (χ2n) is 1.36. The van der Waals surface area contributed by atoms with Crippen LogP contribution in [0.1, 0.15) is 6.42 Å². The molecule has 0 atom stereocenters. The van der Waals surface area contributed by atoms with Crippen LogP contribution in [0.5, 0.6) is 0 Å². The van der Waals surface area contributed by atoms with E-state index >= 15 is 0 Å². The molecule has 0 heterocycles. The van der Waals surface area contributed by atoms with Gasteiger partial charge in [0.2, 0.25) is 0 Å². The summed E-state index contributed by atoms with van der Waals surface area (Å²) in [5.41, 5.74) is 0. The minimum absolute atomic E-state index is 0. The average molecular weight is 164 g/mol. The maximum atomic E-state index is 9.83. The van der Waals surface area contributed by atoms with Gasteiger partial charge in [0.25, 0.3) is 10.1 Å². The Hall–Kier alpha value is 0.870. The number of aliphatic hydroxyl groups is 1. The van der Waals surface area contributed by atoms with Gasteiger partial charge in [-0.15, -0.1) is 0 Å². The summed E-state index contributed by atoms with van der Waals surface area (Å²) in [6.45, 7) is -0.209. The van der Waals surface area contributed by atoms with E-state index in [2.05, 4.69) is 0 Å². The first-order valence-corrected chi connectivity index (χ1v) is 3.73. The summed E-state index contributed by atoms with van der Waals surface area (Å²) >= 11 is 0. The van der Waals surface area contributed by atoms with Crippen LogP contribution in [0.25, 0.3) is 0 Å². The van der Waals surface area contributed by atoms with Crippen LogP contribution in [0.2, 0.25) is 0 Å². The molecule has 0 bridgehead atoms. The van der Waals surface area contributed by atoms with E-state index in [1.807, 2.05) is 0 Å². The molecule has 0 aromatic carbocycles. The van der Waals surface area contributed by atoms with Crippen molar-refractivity contribution >= 4 is 39.7 Å². The number of aliphatic hydroxyl groups excluding tert-OH is 1. The van der Waals surface area contributed by atoms with E-state index in [4.69, 9.17) is 9.66 Å². The van der Waals surface area contributed by atoms with Crippen molar-refractivity contribution in [2.24, 2.45) is 0 Å². The van der Waals surface area contributed by atoms with E-state index in [0.717, 1.165) is 0 Å². The molecule has 0 fully saturated rings. The summed E-state index contributed by atoms with van der Waals surface area (Å²) < 4.78 is 27.7. The zero-order valence-electron chi connectivity index (χ0n) is 4.24. The van der Waals surface area contributed by atoms with Gasteiger partial charge in [0.1, 0.15) is 0 Å². The van der Waals surface area contributed by atoms with Crippen molar-refractivity contribution in [2.45, 2.75) is 6.42 Å². The monoisotopic (exact) mass is 164 g/mol. The van der Waals surface area contributed by atoms with Crippen molar-refractivity contribution in [3.8, 4) is 0 Å². The predicted molar refractivity (Wildman–Crippen MR) is 35.3 cm³/mol. The number of rotatable bonds is 3. The second kappa shape index (κ2) is 5.64. The molecule has 0 rings (SSSR count). The predicted octanol–water partition coefficient (Wildman–Crippen LogP) is -1.39. The van der Waals surface area contributed by atoms with Crippen molar-refractivity contribution in [1.29, 1.82) is 0 Å². The van der Waals surface area contributed by atoms with Gasteiger partial charge in [-0.2, -0.15) is 8.42 Å². The van der Waals surface area contributed by atoms with Gasteiger partial charge in [0.15, 0.2) is 0 Å². The first kappa shape index (κ1) is 12.5. The van der Waals surface area contributed by atoms with E-state index in [-0.39, 0.29) is 48.3 Å². The van der Waals surface area contributed by atoms with Crippen molar-refractivity contribution in [3.05, 3.63) is 0 Å².